The lowest BCUT2D eigenvalue weighted by Gasteiger charge is -2.33. The molecule has 0 unspecified atom stereocenters. The predicted octanol–water partition coefficient (Wildman–Crippen LogP) is 9.05. The molecule has 1 amide bonds. The van der Waals surface area contributed by atoms with E-state index in [9.17, 15) is 4.79 Å². The molecule has 0 bridgehead atoms. The van der Waals surface area contributed by atoms with E-state index < -0.39 is 5.60 Å². The molecule has 1 aromatic heterocycles. The third-order valence-electron chi connectivity index (χ3n) is 8.19. The molecule has 1 saturated heterocycles. The number of fused-ring (bicyclic) bond motifs is 1. The zero-order valence-corrected chi connectivity index (χ0v) is 25.5. The highest BCUT2D eigenvalue weighted by Crippen LogP contribution is 2.42. The number of carbonyl (C=O) groups is 1. The summed E-state index contributed by atoms with van der Waals surface area (Å²) in [5.41, 5.74) is 5.33. The summed E-state index contributed by atoms with van der Waals surface area (Å²) in [5, 5.41) is 1.45. The van der Waals surface area contributed by atoms with Gasteiger partial charge in [0.25, 0.3) is 0 Å². The van der Waals surface area contributed by atoms with Crippen molar-refractivity contribution in [2.45, 2.75) is 70.4 Å². The van der Waals surface area contributed by atoms with Gasteiger partial charge in [-0.05, 0) is 105 Å². The number of nitrogens with zero attached hydrogens (tertiary/aromatic N) is 3. The van der Waals surface area contributed by atoms with Crippen LogP contribution in [0.3, 0.4) is 0 Å². The van der Waals surface area contributed by atoms with Crippen LogP contribution in [0.2, 0.25) is 10.0 Å². The lowest BCUT2D eigenvalue weighted by Crippen LogP contribution is -2.42. The second-order valence-electron chi connectivity index (χ2n) is 12.5. The molecule has 3 aromatic carbocycles. The molecule has 0 atom stereocenters. The van der Waals surface area contributed by atoms with Crippen molar-refractivity contribution in [3.05, 3.63) is 99.3 Å². The van der Waals surface area contributed by atoms with Gasteiger partial charge in [-0.1, -0.05) is 53.5 Å². The quantitative estimate of drug-likeness (QED) is 0.211. The number of benzene rings is 3. The van der Waals surface area contributed by atoms with Gasteiger partial charge in [-0.3, -0.25) is 0 Å². The molecule has 214 valence electrons. The van der Waals surface area contributed by atoms with Crippen molar-refractivity contribution in [1.29, 1.82) is 0 Å². The Labute approximate surface area is 252 Å². The zero-order valence-electron chi connectivity index (χ0n) is 23.9. The number of hydrogen-bond acceptors (Lipinski definition) is 3. The molecule has 0 radical (unpaired) electrons. The molecule has 0 spiro atoms. The van der Waals surface area contributed by atoms with Crippen molar-refractivity contribution in [1.82, 2.24) is 14.5 Å². The summed E-state index contributed by atoms with van der Waals surface area (Å²) in [5.74, 6) is 2.27. The predicted molar refractivity (Wildman–Crippen MR) is 166 cm³/mol. The lowest BCUT2D eigenvalue weighted by atomic mass is 9.85. The van der Waals surface area contributed by atoms with Crippen molar-refractivity contribution in [2.24, 2.45) is 5.92 Å². The molecule has 0 N–H and O–H groups in total. The zero-order chi connectivity index (χ0) is 28.7. The molecule has 1 aliphatic carbocycles. The van der Waals surface area contributed by atoms with Crippen LogP contribution in [0.1, 0.15) is 80.8 Å². The number of piperidine rings is 1. The number of likely N-dealkylation sites (tertiary alicyclic amines) is 1. The molecule has 41 heavy (non-hydrogen) atoms. The monoisotopic (exact) mass is 589 g/mol. The van der Waals surface area contributed by atoms with Gasteiger partial charge in [-0.2, -0.15) is 0 Å². The number of carbonyl (C=O) groups excluding carboxylic acids is 1. The van der Waals surface area contributed by atoms with Gasteiger partial charge in [0.05, 0.1) is 11.0 Å². The smallest absolute Gasteiger partial charge is 0.410 e. The average molecular weight is 591 g/mol. The molecule has 1 saturated carbocycles. The van der Waals surface area contributed by atoms with E-state index in [1.807, 2.05) is 49.9 Å². The van der Waals surface area contributed by atoms with Crippen LogP contribution in [0.25, 0.3) is 11.0 Å². The van der Waals surface area contributed by atoms with Gasteiger partial charge in [-0.25, -0.2) is 9.78 Å². The molecule has 2 fully saturated rings. The molecule has 6 rings (SSSR count). The first-order chi connectivity index (χ1) is 19.6. The topological polar surface area (TPSA) is 47.4 Å². The summed E-state index contributed by atoms with van der Waals surface area (Å²) in [4.78, 5) is 19.6. The van der Waals surface area contributed by atoms with Crippen LogP contribution in [0, 0.1) is 5.92 Å². The molecule has 1 aliphatic heterocycles. The van der Waals surface area contributed by atoms with E-state index in [-0.39, 0.29) is 12.0 Å². The van der Waals surface area contributed by atoms with E-state index in [0.717, 1.165) is 48.0 Å². The third kappa shape index (κ3) is 6.42. The Kier molecular flexibility index (Phi) is 7.78. The highest BCUT2D eigenvalue weighted by Gasteiger charge is 2.32. The molecule has 5 nitrogen and oxygen atoms in total. The normalized spacial score (nSPS) is 16.5. The van der Waals surface area contributed by atoms with Crippen molar-refractivity contribution in [3.63, 3.8) is 0 Å². The third-order valence-corrected chi connectivity index (χ3v) is 8.70. The Morgan fingerprint density at radius 2 is 1.44 bits per heavy atom. The van der Waals surface area contributed by atoms with E-state index in [4.69, 9.17) is 32.9 Å². The van der Waals surface area contributed by atoms with Crippen LogP contribution >= 0.6 is 23.2 Å². The Morgan fingerprint density at radius 3 is 1.98 bits per heavy atom. The van der Waals surface area contributed by atoms with E-state index in [2.05, 4.69) is 47.0 Å². The van der Waals surface area contributed by atoms with Gasteiger partial charge in [0, 0.05) is 41.5 Å². The van der Waals surface area contributed by atoms with E-state index in [0.29, 0.717) is 11.8 Å². The van der Waals surface area contributed by atoms with Gasteiger partial charge in [0.15, 0.2) is 0 Å². The van der Waals surface area contributed by atoms with Crippen LogP contribution in [0.5, 0.6) is 0 Å². The van der Waals surface area contributed by atoms with E-state index in [1.165, 1.54) is 40.9 Å². The van der Waals surface area contributed by atoms with Gasteiger partial charge in [0.2, 0.25) is 0 Å². The fraction of sp³-hybridized carbons (Fsp3) is 0.412. The van der Waals surface area contributed by atoms with Crippen LogP contribution in [-0.2, 0) is 11.3 Å². The van der Waals surface area contributed by atoms with Gasteiger partial charge >= 0.3 is 6.09 Å². The SMILES string of the molecule is CC(C)(C)OC(=O)N1CCC(Cn2c(C3CC3)nc3ccc(C(c4ccc(Cl)cc4)c4ccc(Cl)cc4)cc32)CC1. The Hall–Kier alpha value is -3.02. The second-order valence-corrected chi connectivity index (χ2v) is 13.4. The Bertz CT molecular complexity index is 1480. The van der Waals surface area contributed by atoms with Gasteiger partial charge in [0.1, 0.15) is 11.4 Å². The van der Waals surface area contributed by atoms with E-state index >= 15 is 0 Å². The van der Waals surface area contributed by atoms with Gasteiger partial charge in [-0.15, -0.1) is 0 Å². The highest BCUT2D eigenvalue weighted by molar-refractivity contribution is 6.30. The lowest BCUT2D eigenvalue weighted by molar-refractivity contribution is 0.0178. The van der Waals surface area contributed by atoms with E-state index in [1.54, 1.807) is 0 Å². The number of rotatable bonds is 6. The fourth-order valence-corrected chi connectivity index (χ4v) is 6.21. The fourth-order valence-electron chi connectivity index (χ4n) is 5.95. The summed E-state index contributed by atoms with van der Waals surface area (Å²) in [6, 6.07) is 23.0. The summed E-state index contributed by atoms with van der Waals surface area (Å²) >= 11 is 12.5. The molecule has 2 heterocycles. The maximum atomic E-state index is 12.6. The summed E-state index contributed by atoms with van der Waals surface area (Å²) < 4.78 is 8.09. The minimum Gasteiger partial charge on any atom is -0.444 e. The first-order valence-corrected chi connectivity index (χ1v) is 15.4. The van der Waals surface area contributed by atoms with Crippen molar-refractivity contribution >= 4 is 40.3 Å². The molecule has 2 aliphatic rings. The highest BCUT2D eigenvalue weighted by atomic mass is 35.5. The van der Waals surface area contributed by atoms with Crippen molar-refractivity contribution in [2.75, 3.05) is 13.1 Å². The summed E-state index contributed by atoms with van der Waals surface area (Å²) in [7, 11) is 0. The Balaban J connectivity index is 1.31. The molecule has 7 heteroatoms. The van der Waals surface area contributed by atoms with Crippen LogP contribution in [0.4, 0.5) is 4.79 Å². The number of imidazole rings is 1. The molecule has 4 aromatic rings. The number of ether oxygens (including phenoxy) is 1. The van der Waals surface area contributed by atoms with Crippen LogP contribution in [0.15, 0.2) is 66.7 Å². The minimum atomic E-state index is -0.476. The number of halogens is 2. The second kappa shape index (κ2) is 11.3. The maximum Gasteiger partial charge on any atom is 0.410 e. The van der Waals surface area contributed by atoms with Crippen molar-refractivity contribution < 1.29 is 9.53 Å². The average Bonchev–Trinajstić information content (AvgIpc) is 3.73. The first kappa shape index (κ1) is 28.1. The first-order valence-electron chi connectivity index (χ1n) is 14.6. The maximum absolute atomic E-state index is 12.6. The summed E-state index contributed by atoms with van der Waals surface area (Å²) in [6.45, 7) is 8.12. The minimum absolute atomic E-state index is 0.0405. The standard InChI is InChI=1S/C34H37Cl2N3O2/c1-34(2,3)41-33(40)38-18-16-22(17-19-38)21-39-30-20-26(10-15-29(30)37-32(39)25-4-5-25)31(23-6-11-27(35)12-7-23)24-8-13-28(36)14-9-24/h6-15,20,22,25,31H,4-5,16-19,21H2,1-3H3. The number of amides is 1. The van der Waals surface area contributed by atoms with Crippen molar-refractivity contribution in [3.8, 4) is 0 Å². The summed E-state index contributed by atoms with van der Waals surface area (Å²) in [6.07, 6.45) is 4.11. The number of hydrogen-bond donors (Lipinski definition) is 0. The van der Waals surface area contributed by atoms with Crippen LogP contribution in [-0.4, -0.2) is 39.2 Å². The van der Waals surface area contributed by atoms with Gasteiger partial charge < -0.3 is 14.2 Å². The number of aromatic nitrogens is 2. The molecular weight excluding hydrogens is 553 g/mol. The largest absolute Gasteiger partial charge is 0.444 e. The molecular formula is C34H37Cl2N3O2. The Morgan fingerprint density at radius 1 is 0.878 bits per heavy atom. The van der Waals surface area contributed by atoms with Crippen LogP contribution < -0.4 is 0 Å².